The van der Waals surface area contributed by atoms with Gasteiger partial charge >= 0.3 is 5.97 Å². The highest BCUT2D eigenvalue weighted by Gasteiger charge is 2.47. The molecule has 1 aromatic carbocycles. The number of nitrogens with zero attached hydrogens (tertiary/aromatic N) is 1. The van der Waals surface area contributed by atoms with Crippen LogP contribution in [0.25, 0.3) is 0 Å². The molecule has 1 aliphatic heterocycles. The maximum atomic E-state index is 11.9. The lowest BCUT2D eigenvalue weighted by Crippen LogP contribution is -2.55. The van der Waals surface area contributed by atoms with Gasteiger partial charge in [0.2, 0.25) is 0 Å². The van der Waals surface area contributed by atoms with E-state index in [1.54, 1.807) is 6.07 Å². The fourth-order valence-corrected chi connectivity index (χ4v) is 3.93. The summed E-state index contributed by atoms with van der Waals surface area (Å²) in [5, 5.41) is 10.4. The first-order valence-electron chi connectivity index (χ1n) is 8.01. The topological polar surface area (TPSA) is 49.8 Å². The van der Waals surface area contributed by atoms with Crippen LogP contribution in [0.4, 0.5) is 0 Å². The predicted molar refractivity (Wildman–Crippen MR) is 85.5 cm³/mol. The Morgan fingerprint density at radius 2 is 2.09 bits per heavy atom. The van der Waals surface area contributed by atoms with Gasteiger partial charge in [0, 0.05) is 18.1 Å². The SMILES string of the molecule is O=C(O)C1(N2CC[C@@H](Oc3cccc(Cl)c3)C2)CCCCC1. The Morgan fingerprint density at radius 1 is 1.32 bits per heavy atom. The van der Waals surface area contributed by atoms with Crippen LogP contribution in [0.1, 0.15) is 38.5 Å². The lowest BCUT2D eigenvalue weighted by Gasteiger charge is -2.41. The van der Waals surface area contributed by atoms with Crippen LogP contribution in [0.2, 0.25) is 5.02 Å². The summed E-state index contributed by atoms with van der Waals surface area (Å²) in [6.45, 7) is 1.47. The van der Waals surface area contributed by atoms with Gasteiger partial charge in [-0.25, -0.2) is 0 Å². The Morgan fingerprint density at radius 3 is 2.77 bits per heavy atom. The molecule has 1 atom stereocenters. The second-order valence-electron chi connectivity index (χ2n) is 6.33. The van der Waals surface area contributed by atoms with Crippen molar-refractivity contribution in [2.75, 3.05) is 13.1 Å². The van der Waals surface area contributed by atoms with Gasteiger partial charge in [-0.15, -0.1) is 0 Å². The molecule has 0 aromatic heterocycles. The summed E-state index contributed by atoms with van der Waals surface area (Å²) in [7, 11) is 0. The molecule has 0 spiro atoms. The summed E-state index contributed by atoms with van der Waals surface area (Å²) in [5.74, 6) is 0.0861. The fraction of sp³-hybridized carbons (Fsp3) is 0.588. The van der Waals surface area contributed by atoms with Crippen LogP contribution in [-0.2, 0) is 4.79 Å². The van der Waals surface area contributed by atoms with E-state index in [0.29, 0.717) is 11.6 Å². The second kappa shape index (κ2) is 6.47. The quantitative estimate of drug-likeness (QED) is 0.920. The number of carboxylic acids is 1. The van der Waals surface area contributed by atoms with E-state index in [9.17, 15) is 9.90 Å². The van der Waals surface area contributed by atoms with Gasteiger partial charge in [-0.2, -0.15) is 0 Å². The van der Waals surface area contributed by atoms with Gasteiger partial charge in [-0.05, 0) is 37.5 Å². The minimum atomic E-state index is -0.676. The van der Waals surface area contributed by atoms with E-state index in [0.717, 1.165) is 50.8 Å². The van der Waals surface area contributed by atoms with E-state index in [2.05, 4.69) is 4.90 Å². The smallest absolute Gasteiger partial charge is 0.324 e. The minimum absolute atomic E-state index is 0.0385. The van der Waals surface area contributed by atoms with Crippen LogP contribution in [-0.4, -0.2) is 40.7 Å². The molecular formula is C17H22ClNO3. The van der Waals surface area contributed by atoms with Gasteiger partial charge < -0.3 is 9.84 Å². The van der Waals surface area contributed by atoms with Gasteiger partial charge in [0.05, 0.1) is 0 Å². The maximum Gasteiger partial charge on any atom is 0.324 e. The average Bonchev–Trinajstić information content (AvgIpc) is 2.97. The van der Waals surface area contributed by atoms with Crippen molar-refractivity contribution >= 4 is 17.6 Å². The van der Waals surface area contributed by atoms with Gasteiger partial charge in [-0.3, -0.25) is 9.69 Å². The standard InChI is InChI=1S/C17H22ClNO3/c18-13-5-4-6-14(11-13)22-15-7-10-19(12-15)17(16(20)21)8-2-1-3-9-17/h4-6,11,15H,1-3,7-10,12H2,(H,20,21)/t15-/m1/s1. The minimum Gasteiger partial charge on any atom is -0.489 e. The number of likely N-dealkylation sites (tertiary alicyclic amines) is 1. The summed E-state index contributed by atoms with van der Waals surface area (Å²) in [6.07, 6.45) is 5.56. The lowest BCUT2D eigenvalue weighted by molar-refractivity contribution is -0.153. The molecule has 1 saturated carbocycles. The Balaban J connectivity index is 1.67. The molecule has 3 rings (SSSR count). The average molecular weight is 324 g/mol. The molecule has 1 N–H and O–H groups in total. The predicted octanol–water partition coefficient (Wildman–Crippen LogP) is 3.58. The van der Waals surface area contributed by atoms with E-state index in [1.807, 2.05) is 18.2 Å². The first-order chi connectivity index (χ1) is 10.6. The maximum absolute atomic E-state index is 11.9. The molecule has 0 unspecified atom stereocenters. The number of benzene rings is 1. The Hall–Kier alpha value is -1.26. The lowest BCUT2D eigenvalue weighted by atomic mass is 9.80. The number of carbonyl (C=O) groups is 1. The number of aliphatic carboxylic acids is 1. The van der Waals surface area contributed by atoms with Crippen LogP contribution in [0.3, 0.4) is 0 Å². The van der Waals surface area contributed by atoms with Crippen LogP contribution in [0.5, 0.6) is 5.75 Å². The van der Waals surface area contributed by atoms with E-state index in [4.69, 9.17) is 16.3 Å². The number of hydrogen-bond acceptors (Lipinski definition) is 3. The molecule has 0 amide bonds. The summed E-state index contributed by atoms with van der Waals surface area (Å²) >= 11 is 5.98. The van der Waals surface area contributed by atoms with Crippen molar-refractivity contribution in [2.24, 2.45) is 0 Å². The number of hydrogen-bond donors (Lipinski definition) is 1. The van der Waals surface area contributed by atoms with Crippen LogP contribution in [0, 0.1) is 0 Å². The molecule has 2 fully saturated rings. The Labute approximate surface area is 136 Å². The van der Waals surface area contributed by atoms with Crippen molar-refractivity contribution < 1.29 is 14.6 Å². The molecule has 1 aromatic rings. The highest BCUT2D eigenvalue weighted by molar-refractivity contribution is 6.30. The first-order valence-corrected chi connectivity index (χ1v) is 8.39. The molecule has 5 heteroatoms. The third-order valence-electron chi connectivity index (χ3n) is 4.93. The zero-order chi connectivity index (χ0) is 15.6. The Kier molecular flexibility index (Phi) is 4.59. The second-order valence-corrected chi connectivity index (χ2v) is 6.77. The third-order valence-corrected chi connectivity index (χ3v) is 5.16. The van der Waals surface area contributed by atoms with Gasteiger partial charge in [0.25, 0.3) is 0 Å². The van der Waals surface area contributed by atoms with Crippen molar-refractivity contribution in [1.82, 2.24) is 4.90 Å². The van der Waals surface area contributed by atoms with Gasteiger partial charge in [0.1, 0.15) is 17.4 Å². The van der Waals surface area contributed by atoms with E-state index >= 15 is 0 Å². The highest BCUT2D eigenvalue weighted by Crippen LogP contribution is 2.37. The number of halogens is 1. The number of carboxylic acid groups (broad SMARTS) is 1. The summed E-state index contributed by atoms with van der Waals surface area (Å²) in [5.41, 5.74) is -0.676. The molecule has 4 nitrogen and oxygen atoms in total. The molecule has 1 heterocycles. The third kappa shape index (κ3) is 3.08. The van der Waals surface area contributed by atoms with Crippen molar-refractivity contribution in [3.63, 3.8) is 0 Å². The largest absolute Gasteiger partial charge is 0.489 e. The zero-order valence-electron chi connectivity index (χ0n) is 12.6. The normalized spacial score (nSPS) is 25.0. The summed E-state index contributed by atoms with van der Waals surface area (Å²) in [6, 6.07) is 7.38. The summed E-state index contributed by atoms with van der Waals surface area (Å²) < 4.78 is 5.98. The van der Waals surface area contributed by atoms with Crippen molar-refractivity contribution in [3.8, 4) is 5.75 Å². The molecular weight excluding hydrogens is 302 g/mol. The van der Waals surface area contributed by atoms with E-state index < -0.39 is 11.5 Å². The van der Waals surface area contributed by atoms with Gasteiger partial charge in [-0.1, -0.05) is 36.9 Å². The zero-order valence-corrected chi connectivity index (χ0v) is 13.4. The van der Waals surface area contributed by atoms with Gasteiger partial charge in [0.15, 0.2) is 0 Å². The molecule has 1 aliphatic carbocycles. The van der Waals surface area contributed by atoms with Crippen molar-refractivity contribution in [1.29, 1.82) is 0 Å². The summed E-state index contributed by atoms with van der Waals surface area (Å²) in [4.78, 5) is 14.0. The number of ether oxygens (including phenoxy) is 1. The monoisotopic (exact) mass is 323 g/mol. The fourth-order valence-electron chi connectivity index (χ4n) is 3.75. The Bertz CT molecular complexity index is 542. The van der Waals surface area contributed by atoms with E-state index in [-0.39, 0.29) is 6.10 Å². The van der Waals surface area contributed by atoms with E-state index in [1.165, 1.54) is 0 Å². The van der Waals surface area contributed by atoms with Crippen LogP contribution < -0.4 is 4.74 Å². The van der Waals surface area contributed by atoms with Crippen molar-refractivity contribution in [2.45, 2.75) is 50.2 Å². The van der Waals surface area contributed by atoms with Crippen LogP contribution >= 0.6 is 11.6 Å². The highest BCUT2D eigenvalue weighted by atomic mass is 35.5. The molecule has 22 heavy (non-hydrogen) atoms. The molecule has 1 saturated heterocycles. The molecule has 0 bridgehead atoms. The molecule has 2 aliphatic rings. The van der Waals surface area contributed by atoms with Crippen LogP contribution in [0.15, 0.2) is 24.3 Å². The molecule has 120 valence electrons. The number of rotatable bonds is 4. The molecule has 0 radical (unpaired) electrons. The van der Waals surface area contributed by atoms with Crippen molar-refractivity contribution in [3.05, 3.63) is 29.3 Å². The first kappa shape index (κ1) is 15.6.